The molecule has 9 heteroatoms. The van der Waals surface area contributed by atoms with Crippen molar-refractivity contribution < 1.29 is 36.2 Å². The Labute approximate surface area is 131 Å². The molecule has 1 heterocycles. The Balaban J connectivity index is 2.06. The maximum Gasteiger partial charge on any atom is 0.429 e. The Morgan fingerprint density at radius 1 is 0.913 bits per heavy atom. The molecule has 2 nitrogen and oxygen atoms in total. The van der Waals surface area contributed by atoms with Crippen LogP contribution in [0.2, 0.25) is 0 Å². The van der Waals surface area contributed by atoms with Crippen LogP contribution in [0.15, 0.2) is 29.2 Å². The second-order valence-corrected chi connectivity index (χ2v) is 7.50. The molecule has 0 bridgehead atoms. The minimum Gasteiger partial charge on any atom is -0.490 e. The zero-order chi connectivity index (χ0) is 17.3. The molecule has 1 aromatic carbocycles. The smallest absolute Gasteiger partial charge is 0.429 e. The third-order valence-electron chi connectivity index (χ3n) is 3.57. The highest BCUT2D eigenvalue weighted by molar-refractivity contribution is 7.97. The number of halogens is 6. The van der Waals surface area contributed by atoms with Gasteiger partial charge in [-0.25, -0.2) is 0 Å². The molecule has 0 radical (unpaired) electrons. The molecule has 1 N–H and O–H groups in total. The van der Waals surface area contributed by atoms with E-state index < -0.39 is 24.6 Å². The molecule has 0 aromatic heterocycles. The molecule has 23 heavy (non-hydrogen) atoms. The van der Waals surface area contributed by atoms with E-state index in [1.807, 2.05) is 0 Å². The number of alkyl halides is 6. The van der Waals surface area contributed by atoms with Crippen molar-refractivity contribution in [1.29, 1.82) is 0 Å². The number of hydrogen-bond acceptors (Lipinski definition) is 2. The summed E-state index contributed by atoms with van der Waals surface area (Å²) in [4.78, 5) is 1.01. The van der Waals surface area contributed by atoms with Crippen LogP contribution >= 0.6 is 0 Å². The molecule has 1 aliphatic rings. The van der Waals surface area contributed by atoms with E-state index in [0.717, 1.165) is 29.2 Å². The van der Waals surface area contributed by atoms with Crippen molar-refractivity contribution in [3.63, 3.8) is 0 Å². The lowest BCUT2D eigenvalue weighted by Crippen LogP contribution is -2.60. The van der Waals surface area contributed by atoms with Crippen molar-refractivity contribution in [3.8, 4) is 5.75 Å². The number of ether oxygens (including phenoxy) is 1. The maximum absolute atomic E-state index is 12.5. The summed E-state index contributed by atoms with van der Waals surface area (Å²) in [6, 6.07) is 5.94. The molecule has 1 saturated heterocycles. The molecule has 0 saturated carbocycles. The van der Waals surface area contributed by atoms with Crippen LogP contribution in [0.5, 0.6) is 5.75 Å². The topological polar surface area (TPSA) is 29.5 Å². The summed E-state index contributed by atoms with van der Waals surface area (Å²) in [6.45, 7) is -1.94. The van der Waals surface area contributed by atoms with Gasteiger partial charge in [-0.05, 0) is 37.1 Å². The molecule has 0 aliphatic carbocycles. The van der Waals surface area contributed by atoms with Gasteiger partial charge >= 0.3 is 12.4 Å². The van der Waals surface area contributed by atoms with Crippen LogP contribution < -0.4 is 4.74 Å². The standard InChI is InChI=1S/C14H15F6O2S/c15-13(16,17)12(21,14(18,19)20)9-22-10-3-5-11(6-4-10)23-7-1-2-8-23/h3-6,21H,1-2,7-9H2/q+1. The van der Waals surface area contributed by atoms with Gasteiger partial charge in [-0.2, -0.15) is 26.3 Å². The summed E-state index contributed by atoms with van der Waals surface area (Å²) in [5.74, 6) is 1.94. The minimum atomic E-state index is -5.88. The second kappa shape index (κ2) is 6.43. The number of rotatable bonds is 4. The zero-order valence-electron chi connectivity index (χ0n) is 11.9. The summed E-state index contributed by atoms with van der Waals surface area (Å²) in [7, 11) is 0.0869. The Morgan fingerprint density at radius 2 is 1.39 bits per heavy atom. The molecule has 0 unspecified atom stereocenters. The molecular weight excluding hydrogens is 346 g/mol. The van der Waals surface area contributed by atoms with Gasteiger partial charge in [-0.1, -0.05) is 0 Å². The lowest BCUT2D eigenvalue weighted by molar-refractivity contribution is -0.373. The first-order valence-electron chi connectivity index (χ1n) is 6.81. The van der Waals surface area contributed by atoms with Crippen molar-refractivity contribution >= 4 is 10.9 Å². The van der Waals surface area contributed by atoms with Gasteiger partial charge in [0, 0.05) is 10.9 Å². The monoisotopic (exact) mass is 361 g/mol. The number of benzene rings is 1. The van der Waals surface area contributed by atoms with E-state index in [2.05, 4.69) is 4.74 Å². The van der Waals surface area contributed by atoms with E-state index in [-0.39, 0.29) is 16.6 Å². The van der Waals surface area contributed by atoms with Crippen molar-refractivity contribution in [1.82, 2.24) is 0 Å². The average molecular weight is 361 g/mol. The summed E-state index contributed by atoms with van der Waals surface area (Å²) in [5, 5.41) is 9.00. The predicted molar refractivity (Wildman–Crippen MR) is 73.6 cm³/mol. The predicted octanol–water partition coefficient (Wildman–Crippen LogP) is 3.69. The molecule has 1 aromatic rings. The molecule has 130 valence electrons. The van der Waals surface area contributed by atoms with E-state index in [0.29, 0.717) is 0 Å². The Morgan fingerprint density at radius 3 is 1.83 bits per heavy atom. The van der Waals surface area contributed by atoms with Crippen LogP contribution in [0.4, 0.5) is 26.3 Å². The van der Waals surface area contributed by atoms with E-state index in [9.17, 15) is 26.3 Å². The third kappa shape index (κ3) is 3.88. The Hall–Kier alpha value is -1.09. The van der Waals surface area contributed by atoms with Crippen molar-refractivity contribution in [2.45, 2.75) is 35.7 Å². The summed E-state index contributed by atoms with van der Waals surface area (Å²) in [6.07, 6.45) is -9.52. The first kappa shape index (κ1) is 18.3. The van der Waals surface area contributed by atoms with E-state index in [1.54, 1.807) is 12.1 Å². The summed E-state index contributed by atoms with van der Waals surface area (Å²) >= 11 is 0. The van der Waals surface area contributed by atoms with Crippen molar-refractivity contribution in [2.75, 3.05) is 18.1 Å². The van der Waals surface area contributed by atoms with Crippen LogP contribution in [0.1, 0.15) is 12.8 Å². The van der Waals surface area contributed by atoms with Gasteiger partial charge in [0.2, 0.25) is 0 Å². The van der Waals surface area contributed by atoms with Crippen LogP contribution in [-0.4, -0.2) is 41.2 Å². The van der Waals surface area contributed by atoms with Gasteiger partial charge in [0.25, 0.3) is 5.60 Å². The quantitative estimate of drug-likeness (QED) is 0.655. The van der Waals surface area contributed by atoms with Crippen LogP contribution in [0, 0.1) is 0 Å². The highest BCUT2D eigenvalue weighted by atomic mass is 32.2. The van der Waals surface area contributed by atoms with Gasteiger partial charge in [0.15, 0.2) is 4.90 Å². The SMILES string of the molecule is OC(COc1ccc([S+]2CCCC2)cc1)(C(F)(F)F)C(F)(F)F. The van der Waals surface area contributed by atoms with Gasteiger partial charge in [-0.3, -0.25) is 0 Å². The molecule has 0 spiro atoms. The first-order valence-corrected chi connectivity index (χ1v) is 8.37. The largest absolute Gasteiger partial charge is 0.490 e. The lowest BCUT2D eigenvalue weighted by atomic mass is 10.0. The van der Waals surface area contributed by atoms with Crippen molar-refractivity contribution in [2.24, 2.45) is 0 Å². The van der Waals surface area contributed by atoms with Crippen molar-refractivity contribution in [3.05, 3.63) is 24.3 Å². The molecule has 2 rings (SSSR count). The second-order valence-electron chi connectivity index (χ2n) is 5.22. The Kier molecular flexibility index (Phi) is 5.10. The summed E-state index contributed by atoms with van der Waals surface area (Å²) < 4.78 is 79.7. The molecule has 0 amide bonds. The van der Waals surface area contributed by atoms with Crippen LogP contribution in [0.3, 0.4) is 0 Å². The van der Waals surface area contributed by atoms with Crippen LogP contribution in [-0.2, 0) is 10.9 Å². The third-order valence-corrected chi connectivity index (χ3v) is 6.08. The molecular formula is C14H15F6O2S+. The average Bonchev–Trinajstić information content (AvgIpc) is 2.97. The Bertz CT molecular complexity index is 506. The van der Waals surface area contributed by atoms with Gasteiger partial charge in [0.05, 0.1) is 0 Å². The fraction of sp³-hybridized carbons (Fsp3) is 0.571. The summed E-state index contributed by atoms with van der Waals surface area (Å²) in [5.41, 5.74) is -4.90. The molecule has 1 fully saturated rings. The normalized spacial score (nSPS) is 17.5. The lowest BCUT2D eigenvalue weighted by Gasteiger charge is -2.31. The first-order chi connectivity index (χ1) is 10.5. The fourth-order valence-corrected chi connectivity index (χ4v) is 4.43. The highest BCUT2D eigenvalue weighted by Gasteiger charge is 2.71. The van der Waals surface area contributed by atoms with Crippen LogP contribution in [0.25, 0.3) is 0 Å². The fourth-order valence-electron chi connectivity index (χ4n) is 2.13. The van der Waals surface area contributed by atoms with E-state index in [4.69, 9.17) is 5.11 Å². The molecule has 0 atom stereocenters. The molecule has 1 aliphatic heterocycles. The minimum absolute atomic E-state index is 0.0869. The van der Waals surface area contributed by atoms with Gasteiger partial charge in [0.1, 0.15) is 23.9 Å². The highest BCUT2D eigenvalue weighted by Crippen LogP contribution is 2.43. The zero-order valence-corrected chi connectivity index (χ0v) is 12.7. The number of aliphatic hydroxyl groups is 1. The maximum atomic E-state index is 12.5. The van der Waals surface area contributed by atoms with E-state index in [1.165, 1.54) is 12.1 Å². The number of hydrogen-bond donors (Lipinski definition) is 1. The van der Waals surface area contributed by atoms with Gasteiger partial charge in [-0.15, -0.1) is 0 Å². The van der Waals surface area contributed by atoms with Gasteiger partial charge < -0.3 is 9.84 Å². The van der Waals surface area contributed by atoms with E-state index >= 15 is 0 Å².